The molecule has 3 aromatic rings. The SMILES string of the molecule is O=C1CN(C(=O)COC(=O)c2[nH]c3ccccc3c2Cl)c2ccccc2N1. The van der Waals surface area contributed by atoms with Crippen molar-refractivity contribution in [1.29, 1.82) is 0 Å². The van der Waals surface area contributed by atoms with Crippen LogP contribution in [-0.4, -0.2) is 35.9 Å². The molecule has 0 atom stereocenters. The number of nitrogens with one attached hydrogen (secondary N) is 2. The van der Waals surface area contributed by atoms with Gasteiger partial charge in [-0.2, -0.15) is 0 Å². The number of amides is 2. The second kappa shape index (κ2) is 6.77. The molecule has 2 aromatic carbocycles. The summed E-state index contributed by atoms with van der Waals surface area (Å²) in [5.41, 5.74) is 1.87. The lowest BCUT2D eigenvalue weighted by Gasteiger charge is -2.28. The first kappa shape index (κ1) is 17.1. The number of hydrogen-bond donors (Lipinski definition) is 2. The van der Waals surface area contributed by atoms with E-state index in [9.17, 15) is 14.4 Å². The number of H-pyrrole nitrogens is 1. The molecule has 1 aliphatic heterocycles. The third-order valence-electron chi connectivity index (χ3n) is 4.25. The van der Waals surface area contributed by atoms with Crippen molar-refractivity contribution in [3.05, 3.63) is 59.2 Å². The van der Waals surface area contributed by atoms with Gasteiger partial charge in [-0.15, -0.1) is 0 Å². The molecule has 1 aliphatic rings. The number of halogens is 1. The molecule has 0 spiro atoms. The highest BCUT2D eigenvalue weighted by Crippen LogP contribution is 2.29. The predicted molar refractivity (Wildman–Crippen MR) is 101 cm³/mol. The molecule has 0 fully saturated rings. The number of para-hydroxylation sites is 3. The van der Waals surface area contributed by atoms with Crippen LogP contribution in [0.1, 0.15) is 10.5 Å². The van der Waals surface area contributed by atoms with Gasteiger partial charge in [0.2, 0.25) is 5.91 Å². The maximum absolute atomic E-state index is 12.5. The fourth-order valence-electron chi connectivity index (χ4n) is 2.98. The second-order valence-electron chi connectivity index (χ2n) is 5.98. The van der Waals surface area contributed by atoms with Crippen LogP contribution in [0.15, 0.2) is 48.5 Å². The number of hydrogen-bond acceptors (Lipinski definition) is 4. The number of ether oxygens (including phenoxy) is 1. The number of nitrogens with zero attached hydrogens (tertiary/aromatic N) is 1. The third kappa shape index (κ3) is 3.13. The number of aromatic amines is 1. The number of rotatable bonds is 3. The van der Waals surface area contributed by atoms with Crippen LogP contribution in [0.5, 0.6) is 0 Å². The van der Waals surface area contributed by atoms with Crippen molar-refractivity contribution in [1.82, 2.24) is 4.98 Å². The van der Waals surface area contributed by atoms with E-state index in [0.29, 0.717) is 22.3 Å². The molecule has 2 N–H and O–H groups in total. The van der Waals surface area contributed by atoms with Crippen LogP contribution in [0.2, 0.25) is 5.02 Å². The van der Waals surface area contributed by atoms with Crippen LogP contribution in [0.3, 0.4) is 0 Å². The number of fused-ring (bicyclic) bond motifs is 2. The predicted octanol–water partition coefficient (Wildman–Crippen LogP) is 2.96. The summed E-state index contributed by atoms with van der Waals surface area (Å²) in [6.45, 7) is -0.646. The maximum Gasteiger partial charge on any atom is 0.356 e. The van der Waals surface area contributed by atoms with Gasteiger partial charge in [0.1, 0.15) is 12.2 Å². The normalized spacial score (nSPS) is 13.2. The summed E-state index contributed by atoms with van der Waals surface area (Å²) >= 11 is 6.22. The number of carbonyl (C=O) groups is 3. The number of aromatic nitrogens is 1. The Morgan fingerprint density at radius 1 is 1.11 bits per heavy atom. The lowest BCUT2D eigenvalue weighted by Crippen LogP contribution is -2.44. The van der Waals surface area contributed by atoms with Gasteiger partial charge in [0.05, 0.1) is 16.4 Å². The van der Waals surface area contributed by atoms with Gasteiger partial charge < -0.3 is 15.0 Å². The van der Waals surface area contributed by atoms with Gasteiger partial charge in [0.15, 0.2) is 6.61 Å². The molecule has 0 saturated heterocycles. The van der Waals surface area contributed by atoms with Gasteiger partial charge in [-0.3, -0.25) is 14.5 Å². The highest BCUT2D eigenvalue weighted by Gasteiger charge is 2.28. The van der Waals surface area contributed by atoms with Crippen molar-refractivity contribution in [3.63, 3.8) is 0 Å². The standard InChI is InChI=1S/C19H14ClN3O4/c20-17-11-5-1-2-6-12(11)22-18(17)19(26)27-10-16(25)23-9-15(24)21-13-7-3-4-8-14(13)23/h1-8,22H,9-10H2,(H,21,24). The summed E-state index contributed by atoms with van der Waals surface area (Å²) in [6.07, 6.45) is 0. The largest absolute Gasteiger partial charge is 0.451 e. The molecule has 2 heterocycles. The summed E-state index contributed by atoms with van der Waals surface area (Å²) in [4.78, 5) is 40.9. The lowest BCUT2D eigenvalue weighted by molar-refractivity contribution is -0.124. The topological polar surface area (TPSA) is 91.5 Å². The average molecular weight is 384 g/mol. The van der Waals surface area contributed by atoms with Crippen LogP contribution in [0, 0.1) is 0 Å². The minimum absolute atomic E-state index is 0.0856. The van der Waals surface area contributed by atoms with E-state index < -0.39 is 18.5 Å². The summed E-state index contributed by atoms with van der Waals surface area (Å²) in [7, 11) is 0. The smallest absolute Gasteiger partial charge is 0.356 e. The molecule has 7 nitrogen and oxygen atoms in total. The number of carbonyl (C=O) groups excluding carboxylic acids is 3. The average Bonchev–Trinajstić information content (AvgIpc) is 3.02. The van der Waals surface area contributed by atoms with Crippen molar-refractivity contribution in [2.24, 2.45) is 0 Å². The fraction of sp³-hybridized carbons (Fsp3) is 0.105. The molecule has 2 amide bonds. The zero-order valence-electron chi connectivity index (χ0n) is 14.0. The number of esters is 1. The molecule has 136 valence electrons. The second-order valence-corrected chi connectivity index (χ2v) is 6.36. The molecule has 0 aliphatic carbocycles. The van der Waals surface area contributed by atoms with E-state index in [2.05, 4.69) is 10.3 Å². The molecule has 0 saturated carbocycles. The molecule has 1 aromatic heterocycles. The van der Waals surface area contributed by atoms with Crippen LogP contribution in [0.25, 0.3) is 10.9 Å². The maximum atomic E-state index is 12.5. The molecule has 4 rings (SSSR count). The Labute approximate surface area is 158 Å². The molecule has 0 bridgehead atoms. The Balaban J connectivity index is 1.50. The highest BCUT2D eigenvalue weighted by molar-refractivity contribution is 6.38. The minimum Gasteiger partial charge on any atom is -0.451 e. The third-order valence-corrected chi connectivity index (χ3v) is 4.64. The summed E-state index contributed by atoms with van der Waals surface area (Å²) in [5.74, 6) is -1.55. The van der Waals surface area contributed by atoms with Gasteiger partial charge in [0.25, 0.3) is 5.91 Å². The minimum atomic E-state index is -0.737. The fourth-order valence-corrected chi connectivity index (χ4v) is 3.27. The van der Waals surface area contributed by atoms with Crippen molar-refractivity contribution in [2.45, 2.75) is 0 Å². The van der Waals surface area contributed by atoms with Gasteiger partial charge in [0, 0.05) is 10.9 Å². The number of anilines is 2. The van der Waals surface area contributed by atoms with E-state index in [1.807, 2.05) is 6.07 Å². The first-order valence-corrected chi connectivity index (χ1v) is 8.55. The van der Waals surface area contributed by atoms with Crippen LogP contribution in [0.4, 0.5) is 11.4 Å². The van der Waals surface area contributed by atoms with Gasteiger partial charge in [-0.25, -0.2) is 4.79 Å². The molecule has 8 heteroatoms. The summed E-state index contributed by atoms with van der Waals surface area (Å²) in [6, 6.07) is 14.1. The Hall–Kier alpha value is -3.32. The summed E-state index contributed by atoms with van der Waals surface area (Å²) < 4.78 is 5.13. The first-order chi connectivity index (χ1) is 13.0. The van der Waals surface area contributed by atoms with E-state index in [1.165, 1.54) is 4.90 Å². The van der Waals surface area contributed by atoms with Gasteiger partial charge in [-0.1, -0.05) is 41.9 Å². The van der Waals surface area contributed by atoms with E-state index >= 15 is 0 Å². The van der Waals surface area contributed by atoms with E-state index in [1.54, 1.807) is 42.5 Å². The molecular weight excluding hydrogens is 370 g/mol. The monoisotopic (exact) mass is 383 g/mol. The van der Waals surface area contributed by atoms with Crippen LogP contribution in [-0.2, 0) is 14.3 Å². The van der Waals surface area contributed by atoms with Crippen molar-refractivity contribution < 1.29 is 19.1 Å². The van der Waals surface area contributed by atoms with Crippen molar-refractivity contribution >= 4 is 51.7 Å². The van der Waals surface area contributed by atoms with E-state index in [-0.39, 0.29) is 23.2 Å². The first-order valence-electron chi connectivity index (χ1n) is 8.17. The highest BCUT2D eigenvalue weighted by atomic mass is 35.5. The van der Waals surface area contributed by atoms with Crippen molar-refractivity contribution in [2.75, 3.05) is 23.4 Å². The molecule has 0 radical (unpaired) electrons. The zero-order chi connectivity index (χ0) is 19.0. The molecule has 0 unspecified atom stereocenters. The Morgan fingerprint density at radius 3 is 2.67 bits per heavy atom. The summed E-state index contributed by atoms with van der Waals surface area (Å²) in [5, 5.41) is 3.63. The van der Waals surface area contributed by atoms with Gasteiger partial charge in [-0.05, 0) is 18.2 Å². The van der Waals surface area contributed by atoms with E-state index in [4.69, 9.17) is 16.3 Å². The van der Waals surface area contributed by atoms with E-state index in [0.717, 1.165) is 0 Å². The molecular formula is C19H14ClN3O4. The van der Waals surface area contributed by atoms with Crippen molar-refractivity contribution in [3.8, 4) is 0 Å². The van der Waals surface area contributed by atoms with Crippen LogP contribution >= 0.6 is 11.6 Å². The van der Waals surface area contributed by atoms with Crippen LogP contribution < -0.4 is 10.2 Å². The quantitative estimate of drug-likeness (QED) is 0.680. The molecule has 27 heavy (non-hydrogen) atoms. The van der Waals surface area contributed by atoms with Gasteiger partial charge >= 0.3 is 5.97 Å². The Morgan fingerprint density at radius 2 is 1.85 bits per heavy atom. The number of benzene rings is 2. The Bertz CT molecular complexity index is 1080. The zero-order valence-corrected chi connectivity index (χ0v) is 14.7. The Kier molecular flexibility index (Phi) is 4.29. The lowest BCUT2D eigenvalue weighted by atomic mass is 10.2.